The molecule has 0 saturated heterocycles. The zero-order chi connectivity index (χ0) is 26.5. The lowest BCUT2D eigenvalue weighted by Crippen LogP contribution is -2.41. The summed E-state index contributed by atoms with van der Waals surface area (Å²) in [7, 11) is 0. The molecule has 4 aromatic rings. The number of amides is 2. The first-order valence-corrected chi connectivity index (χ1v) is 12.3. The summed E-state index contributed by atoms with van der Waals surface area (Å²) in [5, 5.41) is 2.92. The summed E-state index contributed by atoms with van der Waals surface area (Å²) in [6.07, 6.45) is 0.113. The van der Waals surface area contributed by atoms with Gasteiger partial charge in [-0.05, 0) is 47.9 Å². The van der Waals surface area contributed by atoms with Gasteiger partial charge in [0.25, 0.3) is 5.91 Å². The van der Waals surface area contributed by atoms with Gasteiger partial charge in [-0.25, -0.2) is 4.39 Å². The Labute approximate surface area is 220 Å². The standard InChI is InChI=1S/C31H27FN2O4/c1-21-7-9-23(10-8-21)19-34(29(35)17-22-5-3-2-4-6-22)30(24-11-13-25(32)14-12-24)31(36)33-26-15-16-27-28(18-26)38-20-37-27/h2-16,18,30H,17,19-20H2,1H3,(H,33,36). The van der Waals surface area contributed by atoms with Gasteiger partial charge >= 0.3 is 0 Å². The van der Waals surface area contributed by atoms with E-state index in [0.717, 1.165) is 16.7 Å². The van der Waals surface area contributed by atoms with Crippen LogP contribution in [0, 0.1) is 12.7 Å². The van der Waals surface area contributed by atoms with Gasteiger partial charge in [-0.2, -0.15) is 0 Å². The third-order valence-electron chi connectivity index (χ3n) is 6.38. The highest BCUT2D eigenvalue weighted by atomic mass is 19.1. The van der Waals surface area contributed by atoms with Crippen molar-refractivity contribution in [2.24, 2.45) is 0 Å². The molecule has 1 N–H and O–H groups in total. The van der Waals surface area contributed by atoms with Crippen molar-refractivity contribution in [1.29, 1.82) is 0 Å². The maximum Gasteiger partial charge on any atom is 0.251 e. The van der Waals surface area contributed by atoms with Crippen LogP contribution in [-0.2, 0) is 22.6 Å². The van der Waals surface area contributed by atoms with Crippen LogP contribution in [0.4, 0.5) is 10.1 Å². The third-order valence-corrected chi connectivity index (χ3v) is 6.38. The van der Waals surface area contributed by atoms with Gasteiger partial charge in [0.2, 0.25) is 12.7 Å². The zero-order valence-electron chi connectivity index (χ0n) is 20.9. The van der Waals surface area contributed by atoms with Crippen molar-refractivity contribution in [2.45, 2.75) is 25.9 Å². The highest BCUT2D eigenvalue weighted by molar-refractivity contribution is 5.98. The van der Waals surface area contributed by atoms with E-state index >= 15 is 0 Å². The summed E-state index contributed by atoms with van der Waals surface area (Å²) < 4.78 is 24.7. The number of benzene rings is 4. The van der Waals surface area contributed by atoms with Crippen molar-refractivity contribution >= 4 is 17.5 Å². The van der Waals surface area contributed by atoms with E-state index in [1.54, 1.807) is 23.1 Å². The van der Waals surface area contributed by atoms with E-state index in [4.69, 9.17) is 9.47 Å². The Kier molecular flexibility index (Phi) is 7.35. The number of rotatable bonds is 8. The maximum absolute atomic E-state index is 13.9. The molecule has 6 nitrogen and oxygen atoms in total. The molecule has 1 unspecified atom stereocenters. The number of carbonyl (C=O) groups is 2. The quantitative estimate of drug-likeness (QED) is 0.325. The Morgan fingerprint density at radius 3 is 2.32 bits per heavy atom. The number of aryl methyl sites for hydroxylation is 1. The average Bonchev–Trinajstić information content (AvgIpc) is 3.39. The molecular weight excluding hydrogens is 483 g/mol. The van der Waals surface area contributed by atoms with E-state index in [2.05, 4.69) is 5.32 Å². The van der Waals surface area contributed by atoms with Crippen molar-refractivity contribution in [1.82, 2.24) is 4.90 Å². The molecular formula is C31H27FN2O4. The number of ether oxygens (including phenoxy) is 2. The van der Waals surface area contributed by atoms with Gasteiger partial charge in [-0.3, -0.25) is 9.59 Å². The smallest absolute Gasteiger partial charge is 0.251 e. The van der Waals surface area contributed by atoms with Gasteiger partial charge in [0, 0.05) is 18.3 Å². The highest BCUT2D eigenvalue weighted by Crippen LogP contribution is 2.35. The van der Waals surface area contributed by atoms with E-state index in [-0.39, 0.29) is 25.7 Å². The lowest BCUT2D eigenvalue weighted by Gasteiger charge is -2.32. The summed E-state index contributed by atoms with van der Waals surface area (Å²) in [5.41, 5.74) is 3.79. The fraction of sp³-hybridized carbons (Fsp3) is 0.161. The SMILES string of the molecule is Cc1ccc(CN(C(=O)Cc2ccccc2)C(C(=O)Nc2ccc3c(c2)OCO3)c2ccc(F)cc2)cc1. The molecule has 0 aromatic heterocycles. The monoisotopic (exact) mass is 510 g/mol. The molecule has 1 atom stereocenters. The first-order valence-electron chi connectivity index (χ1n) is 12.3. The molecule has 0 saturated carbocycles. The molecule has 7 heteroatoms. The average molecular weight is 511 g/mol. The minimum Gasteiger partial charge on any atom is -0.454 e. The third kappa shape index (κ3) is 5.83. The fourth-order valence-corrected chi connectivity index (χ4v) is 4.39. The van der Waals surface area contributed by atoms with Gasteiger partial charge < -0.3 is 19.7 Å². The Hall–Kier alpha value is -4.65. The Bertz CT molecular complexity index is 1420. The van der Waals surface area contributed by atoms with Crippen LogP contribution in [0.25, 0.3) is 0 Å². The zero-order valence-corrected chi connectivity index (χ0v) is 20.9. The molecule has 4 aromatic carbocycles. The van der Waals surface area contributed by atoms with Crippen LogP contribution in [0.3, 0.4) is 0 Å². The lowest BCUT2D eigenvalue weighted by molar-refractivity contribution is -0.139. The number of nitrogens with zero attached hydrogens (tertiary/aromatic N) is 1. The molecule has 0 bridgehead atoms. The van der Waals surface area contributed by atoms with Crippen LogP contribution in [0.5, 0.6) is 11.5 Å². The lowest BCUT2D eigenvalue weighted by atomic mass is 10.0. The normalized spacial score (nSPS) is 12.6. The maximum atomic E-state index is 13.9. The molecule has 1 aliphatic heterocycles. The molecule has 5 rings (SSSR count). The molecule has 1 aliphatic rings. The minimum atomic E-state index is -1.02. The van der Waals surface area contributed by atoms with Crippen LogP contribution in [0.2, 0.25) is 0 Å². The summed E-state index contributed by atoms with van der Waals surface area (Å²) in [6, 6.07) is 27.0. The van der Waals surface area contributed by atoms with E-state index in [1.807, 2.05) is 61.5 Å². The molecule has 0 aliphatic carbocycles. The summed E-state index contributed by atoms with van der Waals surface area (Å²) in [5.74, 6) is 0.0372. The largest absolute Gasteiger partial charge is 0.454 e. The van der Waals surface area contributed by atoms with Crippen LogP contribution in [0.1, 0.15) is 28.3 Å². The molecule has 2 amide bonds. The van der Waals surface area contributed by atoms with Gasteiger partial charge in [-0.1, -0.05) is 72.3 Å². The first-order chi connectivity index (χ1) is 18.5. The predicted octanol–water partition coefficient (Wildman–Crippen LogP) is 5.81. The minimum absolute atomic E-state index is 0.113. The number of anilines is 1. The predicted molar refractivity (Wildman–Crippen MR) is 142 cm³/mol. The van der Waals surface area contributed by atoms with Gasteiger partial charge in [0.05, 0.1) is 6.42 Å². The second-order valence-electron chi connectivity index (χ2n) is 9.18. The highest BCUT2D eigenvalue weighted by Gasteiger charge is 2.32. The van der Waals surface area contributed by atoms with Crippen molar-refractivity contribution in [3.8, 4) is 11.5 Å². The Balaban J connectivity index is 1.51. The summed E-state index contributed by atoms with van der Waals surface area (Å²) in [6.45, 7) is 2.30. The van der Waals surface area contributed by atoms with Crippen molar-refractivity contribution in [3.05, 3.63) is 125 Å². The molecule has 0 radical (unpaired) electrons. The Morgan fingerprint density at radius 2 is 1.58 bits per heavy atom. The molecule has 1 heterocycles. The van der Waals surface area contributed by atoms with Crippen molar-refractivity contribution in [2.75, 3.05) is 12.1 Å². The van der Waals surface area contributed by atoms with Crippen LogP contribution in [-0.4, -0.2) is 23.5 Å². The first kappa shape index (κ1) is 25.0. The van der Waals surface area contributed by atoms with Crippen LogP contribution >= 0.6 is 0 Å². The second kappa shape index (κ2) is 11.2. The molecule has 0 fully saturated rings. The second-order valence-corrected chi connectivity index (χ2v) is 9.18. The van der Waals surface area contributed by atoms with Crippen molar-refractivity contribution < 1.29 is 23.5 Å². The number of halogens is 1. The molecule has 0 spiro atoms. The van der Waals surface area contributed by atoms with Gasteiger partial charge in [-0.15, -0.1) is 0 Å². The number of nitrogens with one attached hydrogen (secondary N) is 1. The number of carbonyl (C=O) groups excluding carboxylic acids is 2. The van der Waals surface area contributed by atoms with E-state index < -0.39 is 17.8 Å². The topological polar surface area (TPSA) is 67.9 Å². The summed E-state index contributed by atoms with van der Waals surface area (Å²) in [4.78, 5) is 29.2. The fourth-order valence-electron chi connectivity index (χ4n) is 4.39. The van der Waals surface area contributed by atoms with E-state index in [1.165, 1.54) is 24.3 Å². The molecule has 38 heavy (non-hydrogen) atoms. The van der Waals surface area contributed by atoms with Crippen LogP contribution in [0.15, 0.2) is 97.1 Å². The molecule has 192 valence electrons. The summed E-state index contributed by atoms with van der Waals surface area (Å²) >= 11 is 0. The number of hydrogen-bond acceptors (Lipinski definition) is 4. The Morgan fingerprint density at radius 1 is 0.868 bits per heavy atom. The van der Waals surface area contributed by atoms with Gasteiger partial charge in [0.15, 0.2) is 11.5 Å². The van der Waals surface area contributed by atoms with Crippen LogP contribution < -0.4 is 14.8 Å². The number of hydrogen-bond donors (Lipinski definition) is 1. The van der Waals surface area contributed by atoms with E-state index in [0.29, 0.717) is 22.7 Å². The van der Waals surface area contributed by atoms with Crippen molar-refractivity contribution in [3.63, 3.8) is 0 Å². The van der Waals surface area contributed by atoms with Gasteiger partial charge in [0.1, 0.15) is 11.9 Å². The number of fused-ring (bicyclic) bond motifs is 1. The van der Waals surface area contributed by atoms with E-state index in [9.17, 15) is 14.0 Å².